The quantitative estimate of drug-likeness (QED) is 0.335. The summed E-state index contributed by atoms with van der Waals surface area (Å²) in [6.45, 7) is 2.72. The van der Waals surface area contributed by atoms with Gasteiger partial charge < -0.3 is 10.4 Å². The van der Waals surface area contributed by atoms with Crippen molar-refractivity contribution >= 4 is 23.3 Å². The van der Waals surface area contributed by atoms with Crippen LogP contribution >= 0.6 is 11.8 Å². The summed E-state index contributed by atoms with van der Waals surface area (Å²) in [7, 11) is 0. The number of nitrogens with one attached hydrogen (secondary N) is 1. The first-order chi connectivity index (χ1) is 8.19. The second-order valence-electron chi connectivity index (χ2n) is 3.23. The van der Waals surface area contributed by atoms with E-state index >= 15 is 0 Å². The summed E-state index contributed by atoms with van der Waals surface area (Å²) in [6.07, 6.45) is 0.592. The SMILES string of the molecule is CCNc1ccc([N+](=O)[O-])c(SCCCO)n1. The molecule has 17 heavy (non-hydrogen) atoms. The molecule has 94 valence electrons. The van der Waals surface area contributed by atoms with Crippen LogP contribution in [0.3, 0.4) is 0 Å². The Bertz CT molecular complexity index is 387. The van der Waals surface area contributed by atoms with Crippen LogP contribution in [-0.2, 0) is 0 Å². The van der Waals surface area contributed by atoms with E-state index in [9.17, 15) is 10.1 Å². The molecule has 0 spiro atoms. The van der Waals surface area contributed by atoms with Crippen molar-refractivity contribution in [2.45, 2.75) is 18.4 Å². The molecule has 0 radical (unpaired) electrons. The van der Waals surface area contributed by atoms with Gasteiger partial charge in [-0.05, 0) is 19.4 Å². The highest BCUT2D eigenvalue weighted by atomic mass is 32.2. The summed E-state index contributed by atoms with van der Waals surface area (Å²) in [5.41, 5.74) is 0.00888. The average Bonchev–Trinajstić information content (AvgIpc) is 2.30. The highest BCUT2D eigenvalue weighted by Gasteiger charge is 2.16. The second-order valence-corrected chi connectivity index (χ2v) is 4.32. The molecule has 6 nitrogen and oxygen atoms in total. The molecule has 0 fully saturated rings. The highest BCUT2D eigenvalue weighted by molar-refractivity contribution is 7.99. The fourth-order valence-corrected chi connectivity index (χ4v) is 2.11. The Morgan fingerprint density at radius 1 is 1.59 bits per heavy atom. The molecule has 0 atom stereocenters. The molecule has 0 aliphatic heterocycles. The monoisotopic (exact) mass is 257 g/mol. The van der Waals surface area contributed by atoms with Gasteiger partial charge in [0, 0.05) is 25.0 Å². The Labute approximate surface area is 104 Å². The fraction of sp³-hybridized carbons (Fsp3) is 0.500. The van der Waals surface area contributed by atoms with E-state index in [0.29, 0.717) is 29.6 Å². The van der Waals surface area contributed by atoms with E-state index < -0.39 is 4.92 Å². The molecule has 1 aromatic rings. The van der Waals surface area contributed by atoms with E-state index in [1.165, 1.54) is 17.8 Å². The van der Waals surface area contributed by atoms with Crippen molar-refractivity contribution in [1.82, 2.24) is 4.98 Å². The van der Waals surface area contributed by atoms with Gasteiger partial charge in [-0.3, -0.25) is 10.1 Å². The predicted octanol–water partition coefficient (Wildman–Crippen LogP) is 1.90. The van der Waals surface area contributed by atoms with Gasteiger partial charge in [0.2, 0.25) is 0 Å². The normalized spacial score (nSPS) is 10.2. The zero-order chi connectivity index (χ0) is 12.7. The van der Waals surface area contributed by atoms with Crippen LogP contribution in [0.2, 0.25) is 0 Å². The molecule has 0 unspecified atom stereocenters. The first-order valence-corrected chi connectivity index (χ1v) is 6.30. The fourth-order valence-electron chi connectivity index (χ4n) is 1.19. The molecule has 0 aromatic carbocycles. The Morgan fingerprint density at radius 3 is 2.94 bits per heavy atom. The zero-order valence-corrected chi connectivity index (χ0v) is 10.4. The summed E-state index contributed by atoms with van der Waals surface area (Å²) in [5, 5.41) is 22.9. The number of nitro groups is 1. The maximum absolute atomic E-state index is 10.8. The van der Waals surface area contributed by atoms with Crippen molar-refractivity contribution < 1.29 is 10.0 Å². The lowest BCUT2D eigenvalue weighted by Gasteiger charge is -2.05. The molecule has 0 amide bonds. The smallest absolute Gasteiger partial charge is 0.301 e. The van der Waals surface area contributed by atoms with Crippen LogP contribution in [0.5, 0.6) is 0 Å². The molecule has 7 heteroatoms. The van der Waals surface area contributed by atoms with E-state index in [1.807, 2.05) is 6.92 Å². The third-order valence-corrected chi connectivity index (χ3v) is 3.00. The van der Waals surface area contributed by atoms with Gasteiger partial charge >= 0.3 is 5.69 Å². The number of aliphatic hydroxyl groups is 1. The number of hydrogen-bond donors (Lipinski definition) is 2. The number of nitrogens with zero attached hydrogens (tertiary/aromatic N) is 2. The number of rotatable bonds is 7. The van der Waals surface area contributed by atoms with Gasteiger partial charge in [0.05, 0.1) is 4.92 Å². The summed E-state index contributed by atoms with van der Waals surface area (Å²) in [5.74, 6) is 1.24. The van der Waals surface area contributed by atoms with Crippen molar-refractivity contribution in [3.63, 3.8) is 0 Å². The third-order valence-electron chi connectivity index (χ3n) is 1.94. The molecule has 0 saturated heterocycles. The number of pyridine rings is 1. The second kappa shape index (κ2) is 7.08. The Morgan fingerprint density at radius 2 is 2.35 bits per heavy atom. The summed E-state index contributed by atoms with van der Waals surface area (Å²) >= 11 is 1.29. The number of thioether (sulfide) groups is 1. The molecule has 0 aliphatic carbocycles. The molecule has 2 N–H and O–H groups in total. The first kappa shape index (κ1) is 13.7. The highest BCUT2D eigenvalue weighted by Crippen LogP contribution is 2.28. The van der Waals surface area contributed by atoms with Crippen LogP contribution in [0.1, 0.15) is 13.3 Å². The van der Waals surface area contributed by atoms with Gasteiger partial charge in [-0.25, -0.2) is 4.98 Å². The van der Waals surface area contributed by atoms with Crippen LogP contribution in [0.15, 0.2) is 17.2 Å². The lowest BCUT2D eigenvalue weighted by molar-refractivity contribution is -0.388. The average molecular weight is 257 g/mol. The lowest BCUT2D eigenvalue weighted by Crippen LogP contribution is -2.02. The van der Waals surface area contributed by atoms with Crippen molar-refractivity contribution in [3.8, 4) is 0 Å². The van der Waals surface area contributed by atoms with Crippen LogP contribution in [0, 0.1) is 10.1 Å². The summed E-state index contributed by atoms with van der Waals surface area (Å²) in [4.78, 5) is 14.5. The maximum atomic E-state index is 10.8. The maximum Gasteiger partial charge on any atom is 0.301 e. The predicted molar refractivity (Wildman–Crippen MR) is 67.5 cm³/mol. The zero-order valence-electron chi connectivity index (χ0n) is 9.55. The van der Waals surface area contributed by atoms with E-state index in [2.05, 4.69) is 10.3 Å². The number of aromatic nitrogens is 1. The number of aliphatic hydroxyl groups excluding tert-OH is 1. The van der Waals surface area contributed by atoms with E-state index in [4.69, 9.17) is 5.11 Å². The van der Waals surface area contributed by atoms with Crippen LogP contribution in [-0.4, -0.2) is 33.9 Å². The lowest BCUT2D eigenvalue weighted by atomic mass is 10.4. The molecular weight excluding hydrogens is 242 g/mol. The number of hydrogen-bond acceptors (Lipinski definition) is 6. The van der Waals surface area contributed by atoms with E-state index in [1.54, 1.807) is 6.07 Å². The molecule has 1 heterocycles. The minimum atomic E-state index is -0.440. The van der Waals surface area contributed by atoms with Gasteiger partial charge in [-0.2, -0.15) is 0 Å². The first-order valence-electron chi connectivity index (χ1n) is 5.32. The van der Waals surface area contributed by atoms with Gasteiger partial charge in [-0.15, -0.1) is 0 Å². The Kier molecular flexibility index (Phi) is 5.71. The van der Waals surface area contributed by atoms with Crippen molar-refractivity contribution in [1.29, 1.82) is 0 Å². The van der Waals surface area contributed by atoms with Crippen molar-refractivity contribution in [2.24, 2.45) is 0 Å². The Balaban J connectivity index is 2.86. The third kappa shape index (κ3) is 4.20. The molecule has 1 rings (SSSR count). The van der Waals surface area contributed by atoms with Crippen LogP contribution < -0.4 is 5.32 Å². The van der Waals surface area contributed by atoms with Gasteiger partial charge in [0.1, 0.15) is 5.82 Å². The van der Waals surface area contributed by atoms with Crippen LogP contribution in [0.4, 0.5) is 11.5 Å². The van der Waals surface area contributed by atoms with Crippen molar-refractivity contribution in [2.75, 3.05) is 24.2 Å². The van der Waals surface area contributed by atoms with Gasteiger partial charge in [0.15, 0.2) is 5.03 Å². The minimum Gasteiger partial charge on any atom is -0.396 e. The van der Waals surface area contributed by atoms with E-state index in [-0.39, 0.29) is 12.3 Å². The van der Waals surface area contributed by atoms with E-state index in [0.717, 1.165) is 0 Å². The molecule has 0 bridgehead atoms. The largest absolute Gasteiger partial charge is 0.396 e. The number of anilines is 1. The van der Waals surface area contributed by atoms with Crippen molar-refractivity contribution in [3.05, 3.63) is 22.2 Å². The summed E-state index contributed by atoms with van der Waals surface area (Å²) < 4.78 is 0. The van der Waals surface area contributed by atoms with Gasteiger partial charge in [0.25, 0.3) is 0 Å². The molecular formula is C10H15N3O3S. The minimum absolute atomic E-state index is 0.00888. The molecule has 1 aromatic heterocycles. The van der Waals surface area contributed by atoms with Crippen LogP contribution in [0.25, 0.3) is 0 Å². The van der Waals surface area contributed by atoms with Gasteiger partial charge in [-0.1, -0.05) is 11.8 Å². The topological polar surface area (TPSA) is 88.3 Å². The summed E-state index contributed by atoms with van der Waals surface area (Å²) in [6, 6.07) is 3.05. The standard InChI is InChI=1S/C10H15N3O3S/c1-2-11-9-5-4-8(13(15)16)10(12-9)17-7-3-6-14/h4-5,14H,2-3,6-7H2,1H3,(H,11,12). The Hall–Kier alpha value is -1.34. The molecule has 0 aliphatic rings. The molecule has 0 saturated carbocycles.